The van der Waals surface area contributed by atoms with Gasteiger partial charge in [0.2, 0.25) is 12.3 Å². The number of pyridine rings is 1. The highest BCUT2D eigenvalue weighted by atomic mass is 79.9. The van der Waals surface area contributed by atoms with Crippen molar-refractivity contribution in [1.82, 2.24) is 15.2 Å². The Balaban J connectivity index is 1.38. The fraction of sp³-hybridized carbons (Fsp3) is 0.500. The molecule has 0 spiro atoms. The minimum Gasteiger partial charge on any atom is -0.356 e. The average Bonchev–Trinajstić information content (AvgIpc) is 3.11. The molecule has 0 saturated carbocycles. The maximum absolute atomic E-state index is 12.8. The number of likely N-dealkylation sites (tertiary alicyclic amines) is 1. The van der Waals surface area contributed by atoms with E-state index in [-0.39, 0.29) is 17.9 Å². The maximum atomic E-state index is 12.8. The molecule has 0 radical (unpaired) electrons. The predicted octanol–water partition coefficient (Wildman–Crippen LogP) is 4.38. The van der Waals surface area contributed by atoms with E-state index in [1.807, 2.05) is 17.2 Å². The molecule has 2 aromatic rings. The third kappa shape index (κ3) is 5.02. The van der Waals surface area contributed by atoms with Gasteiger partial charge in [0.05, 0.1) is 18.2 Å². The number of hydrogen-bond donors (Lipinski definition) is 2. The summed E-state index contributed by atoms with van der Waals surface area (Å²) in [5.74, 6) is 0.625. The van der Waals surface area contributed by atoms with Crippen molar-refractivity contribution < 1.29 is 14.6 Å². The van der Waals surface area contributed by atoms with Crippen LogP contribution in [0.2, 0.25) is 5.02 Å². The van der Waals surface area contributed by atoms with E-state index in [0.717, 1.165) is 58.4 Å². The maximum Gasteiger partial charge on any atom is 0.225 e. The fourth-order valence-electron chi connectivity index (χ4n) is 5.47. The lowest BCUT2D eigenvalue weighted by Crippen LogP contribution is -2.41. The summed E-state index contributed by atoms with van der Waals surface area (Å²) in [6.45, 7) is 1.93. The van der Waals surface area contributed by atoms with Crippen molar-refractivity contribution in [3.05, 3.63) is 60.7 Å². The lowest BCUT2D eigenvalue weighted by atomic mass is 9.76. The molecule has 3 atom stereocenters. The molecular weight excluding hydrogens is 574 g/mol. The molecule has 1 aromatic carbocycles. The van der Waals surface area contributed by atoms with E-state index >= 15 is 0 Å². The Kier molecular flexibility index (Phi) is 7.12. The molecule has 3 aliphatic rings. The predicted molar refractivity (Wildman–Crippen MR) is 133 cm³/mol. The molecule has 33 heavy (non-hydrogen) atoms. The van der Waals surface area contributed by atoms with Crippen LogP contribution in [0.1, 0.15) is 47.6 Å². The fourth-order valence-corrected chi connectivity index (χ4v) is 6.97. The van der Waals surface area contributed by atoms with Gasteiger partial charge in [-0.25, -0.2) is 0 Å². The zero-order valence-electron chi connectivity index (χ0n) is 18.1. The van der Waals surface area contributed by atoms with E-state index < -0.39 is 6.41 Å². The molecule has 2 N–H and O–H groups in total. The zero-order chi connectivity index (χ0) is 23.1. The Bertz CT molecular complexity index is 1060. The first-order valence-corrected chi connectivity index (χ1v) is 13.3. The summed E-state index contributed by atoms with van der Waals surface area (Å²) in [5, 5.41) is 13.0. The minimum absolute atomic E-state index is 0.0889. The second-order valence-electron chi connectivity index (χ2n) is 9.08. The van der Waals surface area contributed by atoms with Crippen molar-refractivity contribution in [2.45, 2.75) is 50.5 Å². The number of amides is 1. The molecule has 2 fully saturated rings. The average molecular weight is 600 g/mol. The number of piperidine rings is 1. The lowest BCUT2D eigenvalue weighted by Gasteiger charge is -2.37. The number of nitrogens with one attached hydrogen (secondary N) is 1. The lowest BCUT2D eigenvalue weighted by molar-refractivity contribution is -0.139. The SMILES string of the molecule is O=C(C[C@H]1CNC(O)O1)N1CCC([C@H]2c3ncc(Br)cc3CCc3cc(Cl)cc(Br)c32)CC1. The van der Waals surface area contributed by atoms with Gasteiger partial charge in [-0.2, -0.15) is 0 Å². The molecule has 5 rings (SSSR count). The highest BCUT2D eigenvalue weighted by Crippen LogP contribution is 2.46. The molecule has 0 bridgehead atoms. The standard InChI is InChI=1S/C24H26Br2ClN3O3/c25-16-7-15-2-1-14-8-17(27)9-19(26)21(14)22(23(15)28-11-16)13-3-5-30(6-4-13)20(31)10-18-12-29-24(32)33-18/h7-9,11,13,18,22,24,29,32H,1-6,10,12H2/t18-,22+,24?/m0/s1. The molecule has 2 saturated heterocycles. The van der Waals surface area contributed by atoms with Crippen LogP contribution in [-0.2, 0) is 22.4 Å². The van der Waals surface area contributed by atoms with E-state index in [4.69, 9.17) is 21.3 Å². The van der Waals surface area contributed by atoms with E-state index in [9.17, 15) is 9.90 Å². The zero-order valence-corrected chi connectivity index (χ0v) is 22.0. The van der Waals surface area contributed by atoms with Gasteiger partial charge in [-0.1, -0.05) is 27.5 Å². The number of halogens is 3. The van der Waals surface area contributed by atoms with Gasteiger partial charge in [0.25, 0.3) is 0 Å². The van der Waals surface area contributed by atoms with Crippen molar-refractivity contribution >= 4 is 49.4 Å². The number of ether oxygens (including phenoxy) is 1. The van der Waals surface area contributed by atoms with Crippen molar-refractivity contribution in [1.29, 1.82) is 0 Å². The summed E-state index contributed by atoms with van der Waals surface area (Å²) in [5.41, 5.74) is 4.98. The second kappa shape index (κ2) is 9.91. The molecular formula is C24H26Br2ClN3O3. The largest absolute Gasteiger partial charge is 0.356 e. The van der Waals surface area contributed by atoms with Crippen LogP contribution < -0.4 is 5.32 Å². The smallest absolute Gasteiger partial charge is 0.225 e. The molecule has 1 aromatic heterocycles. The highest BCUT2D eigenvalue weighted by Gasteiger charge is 2.37. The highest BCUT2D eigenvalue weighted by molar-refractivity contribution is 9.10. The summed E-state index contributed by atoms with van der Waals surface area (Å²) in [6.07, 6.45) is 4.62. The Morgan fingerprint density at radius 3 is 2.70 bits per heavy atom. The number of aliphatic hydroxyl groups is 1. The molecule has 1 unspecified atom stereocenters. The normalized spacial score (nSPS) is 25.5. The Labute approximate surface area is 215 Å². The molecule has 9 heteroatoms. The van der Waals surface area contributed by atoms with Gasteiger partial charge >= 0.3 is 0 Å². The van der Waals surface area contributed by atoms with Crippen LogP contribution >= 0.6 is 43.5 Å². The number of carbonyl (C=O) groups is 1. The number of hydrogen-bond acceptors (Lipinski definition) is 5. The second-order valence-corrected chi connectivity index (χ2v) is 11.3. The van der Waals surface area contributed by atoms with Crippen molar-refractivity contribution in [3.63, 3.8) is 0 Å². The van der Waals surface area contributed by atoms with Crippen molar-refractivity contribution in [3.8, 4) is 0 Å². The van der Waals surface area contributed by atoms with Gasteiger partial charge in [-0.15, -0.1) is 0 Å². The van der Waals surface area contributed by atoms with Crippen molar-refractivity contribution in [2.75, 3.05) is 19.6 Å². The van der Waals surface area contributed by atoms with Gasteiger partial charge in [0.15, 0.2) is 0 Å². The summed E-state index contributed by atoms with van der Waals surface area (Å²) in [7, 11) is 0. The van der Waals surface area contributed by atoms with E-state index in [1.54, 1.807) is 0 Å². The number of aliphatic hydroxyl groups excluding tert-OH is 1. The van der Waals surface area contributed by atoms with Crippen molar-refractivity contribution in [2.24, 2.45) is 5.92 Å². The van der Waals surface area contributed by atoms with E-state index in [2.05, 4.69) is 49.3 Å². The monoisotopic (exact) mass is 597 g/mol. The van der Waals surface area contributed by atoms with Crippen LogP contribution in [0.5, 0.6) is 0 Å². The van der Waals surface area contributed by atoms with Gasteiger partial charge in [0.1, 0.15) is 0 Å². The molecule has 6 nitrogen and oxygen atoms in total. The number of nitrogens with zero attached hydrogens (tertiary/aromatic N) is 2. The number of benzene rings is 1. The Morgan fingerprint density at radius 1 is 1.21 bits per heavy atom. The summed E-state index contributed by atoms with van der Waals surface area (Å²) in [6, 6.07) is 6.28. The van der Waals surface area contributed by atoms with Crippen LogP contribution in [0.15, 0.2) is 33.3 Å². The minimum atomic E-state index is -0.969. The number of carbonyl (C=O) groups excluding carboxylic acids is 1. The van der Waals surface area contributed by atoms with Crippen LogP contribution in [0.3, 0.4) is 0 Å². The van der Waals surface area contributed by atoms with Gasteiger partial charge in [-0.05, 0) is 82.4 Å². The Hall–Kier alpha value is -1.03. The van der Waals surface area contributed by atoms with Gasteiger partial charge < -0.3 is 14.7 Å². The first-order chi connectivity index (χ1) is 15.9. The summed E-state index contributed by atoms with van der Waals surface area (Å²) in [4.78, 5) is 19.7. The first kappa shape index (κ1) is 23.7. The third-order valence-electron chi connectivity index (χ3n) is 7.02. The summed E-state index contributed by atoms with van der Waals surface area (Å²) >= 11 is 13.8. The number of fused-ring (bicyclic) bond motifs is 2. The summed E-state index contributed by atoms with van der Waals surface area (Å²) < 4.78 is 7.37. The molecule has 176 valence electrons. The number of rotatable bonds is 3. The third-order valence-corrected chi connectivity index (χ3v) is 8.33. The van der Waals surface area contributed by atoms with Gasteiger partial charge in [0, 0.05) is 45.7 Å². The molecule has 3 heterocycles. The van der Waals surface area contributed by atoms with Gasteiger partial charge in [-0.3, -0.25) is 15.1 Å². The number of aryl methyl sites for hydroxylation is 2. The topological polar surface area (TPSA) is 74.7 Å². The van der Waals surface area contributed by atoms with Crippen LogP contribution in [0.25, 0.3) is 0 Å². The van der Waals surface area contributed by atoms with E-state index in [0.29, 0.717) is 18.9 Å². The van der Waals surface area contributed by atoms with Crippen LogP contribution in [-0.4, -0.2) is 53.0 Å². The molecule has 2 aliphatic heterocycles. The quantitative estimate of drug-likeness (QED) is 0.548. The molecule has 1 aliphatic carbocycles. The number of aromatic nitrogens is 1. The first-order valence-electron chi connectivity index (χ1n) is 11.4. The molecule has 1 amide bonds. The van der Waals surface area contributed by atoms with Crippen LogP contribution in [0.4, 0.5) is 0 Å². The van der Waals surface area contributed by atoms with E-state index in [1.165, 1.54) is 16.7 Å². The van der Waals surface area contributed by atoms with Crippen LogP contribution in [0, 0.1) is 5.92 Å². The Morgan fingerprint density at radius 2 is 1.97 bits per heavy atom.